The number of nitrogens with zero attached hydrogens (tertiary/aromatic N) is 3. The molecule has 1 amide bonds. The molecule has 0 fully saturated rings. The van der Waals surface area contributed by atoms with Crippen LogP contribution in [0.2, 0.25) is 0 Å². The zero-order valence-corrected chi connectivity index (χ0v) is 17.6. The van der Waals surface area contributed by atoms with Gasteiger partial charge in [-0.15, -0.1) is 10.2 Å². The maximum Gasteiger partial charge on any atom is 0.230 e. The molecular formula is C22H26N4O2S. The lowest BCUT2D eigenvalue weighted by atomic mass is 10.1. The molecule has 0 aliphatic heterocycles. The molecule has 1 heterocycles. The Morgan fingerprint density at radius 1 is 1.10 bits per heavy atom. The third-order valence-corrected chi connectivity index (χ3v) is 5.36. The molecule has 1 N–H and O–H groups in total. The Bertz CT molecular complexity index is 900. The second kappa shape index (κ2) is 10.7. The molecule has 0 radical (unpaired) electrons. The lowest BCUT2D eigenvalue weighted by molar-refractivity contribution is -0.118. The first kappa shape index (κ1) is 20.9. The monoisotopic (exact) mass is 410 g/mol. The Balaban J connectivity index is 1.51. The fraction of sp³-hybridized carbons (Fsp3) is 0.318. The van der Waals surface area contributed by atoms with E-state index in [0.29, 0.717) is 18.8 Å². The first-order chi connectivity index (χ1) is 14.2. The number of rotatable bonds is 10. The fourth-order valence-electron chi connectivity index (χ4n) is 2.93. The fourth-order valence-corrected chi connectivity index (χ4v) is 3.77. The number of carbonyl (C=O) groups excluding carboxylic acids is 1. The molecule has 0 saturated heterocycles. The second-order valence-corrected chi connectivity index (χ2v) is 7.47. The Kier molecular flexibility index (Phi) is 7.69. The van der Waals surface area contributed by atoms with Gasteiger partial charge in [0.2, 0.25) is 5.91 Å². The van der Waals surface area contributed by atoms with Crippen molar-refractivity contribution in [2.75, 3.05) is 12.3 Å². The van der Waals surface area contributed by atoms with E-state index < -0.39 is 0 Å². The molecule has 3 rings (SSSR count). The largest absolute Gasteiger partial charge is 0.483 e. The minimum atomic E-state index is -0.237. The van der Waals surface area contributed by atoms with E-state index in [4.69, 9.17) is 4.74 Å². The van der Waals surface area contributed by atoms with Crippen molar-refractivity contribution < 1.29 is 9.53 Å². The molecule has 6 nitrogen and oxygen atoms in total. The van der Waals surface area contributed by atoms with E-state index in [9.17, 15) is 4.79 Å². The van der Waals surface area contributed by atoms with Crippen molar-refractivity contribution in [1.82, 2.24) is 20.1 Å². The summed E-state index contributed by atoms with van der Waals surface area (Å²) in [4.78, 5) is 12.2. The van der Waals surface area contributed by atoms with E-state index >= 15 is 0 Å². The standard InChI is InChI=1S/C22H26N4O2S/c1-3-26-21(17(2)28-19-12-8-5-9-13-19)24-25-22(26)29-16-20(27)23-15-14-18-10-6-4-7-11-18/h4-13,17H,3,14-16H2,1-2H3,(H,23,27). The number of thioether (sulfide) groups is 1. The summed E-state index contributed by atoms with van der Waals surface area (Å²) in [6.45, 7) is 5.32. The average Bonchev–Trinajstić information content (AvgIpc) is 3.17. The molecule has 2 aromatic carbocycles. The molecule has 0 saturated carbocycles. The SMILES string of the molecule is CCn1c(SCC(=O)NCCc2ccccc2)nnc1C(C)Oc1ccccc1. The van der Waals surface area contributed by atoms with Gasteiger partial charge in [-0.2, -0.15) is 0 Å². The smallest absolute Gasteiger partial charge is 0.230 e. The van der Waals surface area contributed by atoms with Crippen molar-refractivity contribution in [3.05, 3.63) is 72.1 Å². The number of aromatic nitrogens is 3. The lowest BCUT2D eigenvalue weighted by Gasteiger charge is -2.15. The predicted molar refractivity (Wildman–Crippen MR) is 115 cm³/mol. The maximum absolute atomic E-state index is 12.2. The van der Waals surface area contributed by atoms with Crippen molar-refractivity contribution in [3.8, 4) is 5.75 Å². The summed E-state index contributed by atoms with van der Waals surface area (Å²) in [6.07, 6.45) is 0.583. The van der Waals surface area contributed by atoms with Crippen LogP contribution in [0.1, 0.15) is 31.3 Å². The number of amides is 1. The third-order valence-electron chi connectivity index (χ3n) is 4.39. The number of nitrogens with one attached hydrogen (secondary N) is 1. The summed E-state index contributed by atoms with van der Waals surface area (Å²) >= 11 is 1.39. The summed E-state index contributed by atoms with van der Waals surface area (Å²) in [5.74, 6) is 1.84. The van der Waals surface area contributed by atoms with Gasteiger partial charge < -0.3 is 14.6 Å². The minimum absolute atomic E-state index is 0.00767. The molecule has 0 bridgehead atoms. The zero-order chi connectivity index (χ0) is 20.5. The van der Waals surface area contributed by atoms with Crippen molar-refractivity contribution in [1.29, 1.82) is 0 Å². The summed E-state index contributed by atoms with van der Waals surface area (Å²) < 4.78 is 7.96. The van der Waals surface area contributed by atoms with Crippen LogP contribution in [0.25, 0.3) is 0 Å². The quantitative estimate of drug-likeness (QED) is 0.514. The Labute approximate surface area is 175 Å². The van der Waals surface area contributed by atoms with Crippen LogP contribution in [0.4, 0.5) is 0 Å². The number of hydrogen-bond donors (Lipinski definition) is 1. The number of hydrogen-bond acceptors (Lipinski definition) is 5. The zero-order valence-electron chi connectivity index (χ0n) is 16.7. The van der Waals surface area contributed by atoms with Crippen molar-refractivity contribution in [3.63, 3.8) is 0 Å². The molecule has 1 atom stereocenters. The van der Waals surface area contributed by atoms with Crippen LogP contribution in [0.5, 0.6) is 5.75 Å². The summed E-state index contributed by atoms with van der Waals surface area (Å²) in [6, 6.07) is 19.8. The number of benzene rings is 2. The first-order valence-electron chi connectivity index (χ1n) is 9.75. The van der Waals surface area contributed by atoms with E-state index in [0.717, 1.165) is 23.2 Å². The van der Waals surface area contributed by atoms with E-state index in [-0.39, 0.29) is 12.0 Å². The van der Waals surface area contributed by atoms with Gasteiger partial charge in [-0.25, -0.2) is 0 Å². The van der Waals surface area contributed by atoms with E-state index in [1.54, 1.807) is 0 Å². The van der Waals surface area contributed by atoms with Crippen LogP contribution in [-0.2, 0) is 17.8 Å². The Morgan fingerprint density at radius 3 is 2.48 bits per heavy atom. The van der Waals surface area contributed by atoms with E-state index in [1.807, 2.05) is 66.9 Å². The van der Waals surface area contributed by atoms with Gasteiger partial charge in [0.05, 0.1) is 5.75 Å². The number of para-hydroxylation sites is 1. The topological polar surface area (TPSA) is 69.0 Å². The lowest BCUT2D eigenvalue weighted by Crippen LogP contribution is -2.27. The average molecular weight is 411 g/mol. The van der Waals surface area contributed by atoms with Crippen molar-refractivity contribution >= 4 is 17.7 Å². The van der Waals surface area contributed by atoms with Crippen LogP contribution in [0, 0.1) is 0 Å². The molecule has 3 aromatic rings. The molecule has 0 aliphatic rings. The van der Waals surface area contributed by atoms with Gasteiger partial charge in [0, 0.05) is 13.1 Å². The highest BCUT2D eigenvalue weighted by Gasteiger charge is 2.19. The van der Waals surface area contributed by atoms with Crippen molar-refractivity contribution in [2.24, 2.45) is 0 Å². The second-order valence-electron chi connectivity index (χ2n) is 6.53. The van der Waals surface area contributed by atoms with E-state index in [2.05, 4.69) is 27.6 Å². The molecule has 1 aromatic heterocycles. The molecule has 7 heteroatoms. The first-order valence-corrected chi connectivity index (χ1v) is 10.7. The third kappa shape index (κ3) is 6.09. The van der Waals surface area contributed by atoms with Crippen molar-refractivity contribution in [2.45, 2.75) is 38.1 Å². The minimum Gasteiger partial charge on any atom is -0.483 e. The van der Waals surface area contributed by atoms with Crippen LogP contribution in [0.15, 0.2) is 65.8 Å². The van der Waals surface area contributed by atoms with Gasteiger partial charge in [0.1, 0.15) is 5.75 Å². The summed E-state index contributed by atoms with van der Waals surface area (Å²) in [7, 11) is 0. The van der Waals surface area contributed by atoms with E-state index in [1.165, 1.54) is 17.3 Å². The Morgan fingerprint density at radius 2 is 1.79 bits per heavy atom. The van der Waals surface area contributed by atoms with Crippen LogP contribution in [0.3, 0.4) is 0 Å². The molecule has 0 aliphatic carbocycles. The maximum atomic E-state index is 12.2. The molecule has 29 heavy (non-hydrogen) atoms. The van der Waals surface area contributed by atoms with Gasteiger partial charge in [0.25, 0.3) is 0 Å². The summed E-state index contributed by atoms with van der Waals surface area (Å²) in [5.41, 5.74) is 1.21. The van der Waals surface area contributed by atoms with Crippen LogP contribution < -0.4 is 10.1 Å². The highest BCUT2D eigenvalue weighted by Crippen LogP contribution is 2.24. The normalized spacial score (nSPS) is 11.8. The molecular weight excluding hydrogens is 384 g/mol. The summed E-state index contributed by atoms with van der Waals surface area (Å²) in [5, 5.41) is 12.2. The highest BCUT2D eigenvalue weighted by molar-refractivity contribution is 7.99. The highest BCUT2D eigenvalue weighted by atomic mass is 32.2. The molecule has 0 spiro atoms. The Hall–Kier alpha value is -2.80. The van der Waals surface area contributed by atoms with Gasteiger partial charge >= 0.3 is 0 Å². The molecule has 1 unspecified atom stereocenters. The number of carbonyl (C=O) groups is 1. The predicted octanol–water partition coefficient (Wildman–Crippen LogP) is 3.89. The number of ether oxygens (including phenoxy) is 1. The van der Waals surface area contributed by atoms with Crippen LogP contribution >= 0.6 is 11.8 Å². The van der Waals surface area contributed by atoms with Gasteiger partial charge in [-0.3, -0.25) is 4.79 Å². The van der Waals surface area contributed by atoms with Gasteiger partial charge in [-0.1, -0.05) is 60.3 Å². The van der Waals surface area contributed by atoms with Gasteiger partial charge in [0.15, 0.2) is 17.1 Å². The van der Waals surface area contributed by atoms with Gasteiger partial charge in [-0.05, 0) is 38.0 Å². The molecule has 152 valence electrons. The van der Waals surface area contributed by atoms with Crippen LogP contribution in [-0.4, -0.2) is 33.0 Å².